The predicted molar refractivity (Wildman–Crippen MR) is 116 cm³/mol. The predicted octanol–water partition coefficient (Wildman–Crippen LogP) is 2.69. The van der Waals surface area contributed by atoms with Crippen LogP contribution in [-0.4, -0.2) is 52.4 Å². The van der Waals surface area contributed by atoms with E-state index in [4.69, 9.17) is 5.73 Å². The zero-order chi connectivity index (χ0) is 21.1. The molecule has 1 saturated heterocycles. The number of rotatable bonds is 6. The molecular weight excluding hydrogens is 388 g/mol. The van der Waals surface area contributed by atoms with E-state index < -0.39 is 5.91 Å². The molecule has 0 bridgehead atoms. The third-order valence-corrected chi connectivity index (χ3v) is 6.19. The Morgan fingerprint density at radius 3 is 2.86 bits per heavy atom. The Morgan fingerprint density at radius 1 is 1.48 bits per heavy atom. The molecule has 3 N–H and O–H groups in total. The van der Waals surface area contributed by atoms with Crippen LogP contribution in [0.2, 0.25) is 0 Å². The first-order valence-corrected chi connectivity index (χ1v) is 10.3. The fourth-order valence-electron chi connectivity index (χ4n) is 3.67. The lowest BCUT2D eigenvalue weighted by molar-refractivity contribution is -0.129. The number of thiophene rings is 1. The number of hydrogen-bond acceptors (Lipinski definition) is 7. The number of aromatic nitrogens is 2. The number of likely N-dealkylation sites (N-methyl/N-ethyl adjacent to an activating group) is 1. The van der Waals surface area contributed by atoms with Crippen molar-refractivity contribution in [3.05, 3.63) is 41.6 Å². The van der Waals surface area contributed by atoms with Crippen molar-refractivity contribution < 1.29 is 9.59 Å². The third-order valence-electron chi connectivity index (χ3n) is 5.23. The molecule has 1 fully saturated rings. The summed E-state index contributed by atoms with van der Waals surface area (Å²) in [4.78, 5) is 36.7. The van der Waals surface area contributed by atoms with Crippen LogP contribution in [0, 0.1) is 6.92 Å². The van der Waals surface area contributed by atoms with E-state index in [-0.39, 0.29) is 23.7 Å². The van der Waals surface area contributed by atoms with Gasteiger partial charge in [0.25, 0.3) is 5.91 Å². The molecule has 2 amide bonds. The van der Waals surface area contributed by atoms with Gasteiger partial charge in [-0.15, -0.1) is 11.3 Å². The number of nitrogens with one attached hydrogen (secondary N) is 1. The van der Waals surface area contributed by atoms with Gasteiger partial charge in [-0.3, -0.25) is 9.59 Å². The van der Waals surface area contributed by atoms with Crippen molar-refractivity contribution in [2.45, 2.75) is 38.8 Å². The number of carbonyl (C=O) groups excluding carboxylic acids is 2. The number of likely N-dealkylation sites (tertiary alicyclic amines) is 1. The molecule has 3 rings (SSSR count). The number of primary amides is 1. The summed E-state index contributed by atoms with van der Waals surface area (Å²) in [6.45, 7) is 8.34. The number of carbonyl (C=O) groups is 2. The van der Waals surface area contributed by atoms with E-state index in [0.717, 1.165) is 23.4 Å². The Bertz CT molecular complexity index is 927. The summed E-state index contributed by atoms with van der Waals surface area (Å²) in [5.74, 6) is 0.221. The molecule has 0 unspecified atom stereocenters. The number of amides is 2. The van der Waals surface area contributed by atoms with Crippen LogP contribution in [0.1, 0.15) is 35.8 Å². The first-order valence-electron chi connectivity index (χ1n) is 9.46. The number of nitrogens with zero attached hydrogens (tertiary/aromatic N) is 4. The lowest BCUT2D eigenvalue weighted by Crippen LogP contribution is -2.55. The minimum Gasteiger partial charge on any atom is -0.364 e. The van der Waals surface area contributed by atoms with Gasteiger partial charge in [-0.25, -0.2) is 9.97 Å². The average Bonchev–Trinajstić information content (AvgIpc) is 3.11. The summed E-state index contributed by atoms with van der Waals surface area (Å²) in [5.41, 5.74) is 6.69. The second-order valence-electron chi connectivity index (χ2n) is 7.20. The lowest BCUT2D eigenvalue weighted by Gasteiger charge is -2.43. The Hall–Kier alpha value is -2.94. The van der Waals surface area contributed by atoms with Gasteiger partial charge in [0.2, 0.25) is 5.91 Å². The van der Waals surface area contributed by atoms with Gasteiger partial charge in [0.05, 0.1) is 17.2 Å². The number of anilines is 3. The van der Waals surface area contributed by atoms with E-state index in [2.05, 4.69) is 21.9 Å². The standard InChI is InChI=1S/C20H26N6O2S/c1-5-17(27)26-8-6-7-14(13(26)3)25(4)15-10-22-18(19(21)28)20(23-15)24-16-9-12(2)11-29-16/h5,9-11,13-14H,1,6-8H2,2-4H3,(H2,21,28)(H,23,24)/t13-,14-/m1/s1. The zero-order valence-electron chi connectivity index (χ0n) is 16.9. The summed E-state index contributed by atoms with van der Waals surface area (Å²) >= 11 is 1.52. The quantitative estimate of drug-likeness (QED) is 0.704. The third kappa shape index (κ3) is 4.40. The molecule has 154 valence electrons. The summed E-state index contributed by atoms with van der Waals surface area (Å²) in [6.07, 6.45) is 4.72. The molecule has 0 aromatic carbocycles. The van der Waals surface area contributed by atoms with E-state index in [1.54, 1.807) is 6.20 Å². The molecule has 1 aliphatic rings. The minimum absolute atomic E-state index is 0.00628. The fourth-order valence-corrected chi connectivity index (χ4v) is 4.46. The largest absolute Gasteiger partial charge is 0.364 e. The van der Waals surface area contributed by atoms with E-state index >= 15 is 0 Å². The van der Waals surface area contributed by atoms with Crippen molar-refractivity contribution in [3.8, 4) is 0 Å². The van der Waals surface area contributed by atoms with Crippen LogP contribution in [0.4, 0.5) is 16.6 Å². The zero-order valence-corrected chi connectivity index (χ0v) is 17.7. The molecule has 9 heteroatoms. The topological polar surface area (TPSA) is 104 Å². The van der Waals surface area contributed by atoms with Crippen molar-refractivity contribution in [3.63, 3.8) is 0 Å². The maximum Gasteiger partial charge on any atom is 0.271 e. The molecule has 1 aliphatic heterocycles. The normalized spacial score (nSPS) is 18.9. The molecule has 2 aromatic heterocycles. The Balaban J connectivity index is 1.89. The smallest absolute Gasteiger partial charge is 0.271 e. The fraction of sp³-hybridized carbons (Fsp3) is 0.400. The van der Waals surface area contributed by atoms with Gasteiger partial charge in [0, 0.05) is 19.6 Å². The van der Waals surface area contributed by atoms with Crippen LogP contribution in [0.5, 0.6) is 0 Å². The highest BCUT2D eigenvalue weighted by molar-refractivity contribution is 7.14. The highest BCUT2D eigenvalue weighted by atomic mass is 32.1. The Morgan fingerprint density at radius 2 is 2.24 bits per heavy atom. The van der Waals surface area contributed by atoms with Gasteiger partial charge < -0.3 is 20.9 Å². The lowest BCUT2D eigenvalue weighted by atomic mass is 9.96. The van der Waals surface area contributed by atoms with Crippen LogP contribution in [0.15, 0.2) is 30.3 Å². The molecule has 3 heterocycles. The Kier molecular flexibility index (Phi) is 6.17. The summed E-state index contributed by atoms with van der Waals surface area (Å²) in [7, 11) is 1.93. The van der Waals surface area contributed by atoms with Crippen molar-refractivity contribution in [1.29, 1.82) is 0 Å². The van der Waals surface area contributed by atoms with Gasteiger partial charge in [-0.2, -0.15) is 0 Å². The molecule has 0 radical (unpaired) electrons. The molecule has 0 spiro atoms. The average molecular weight is 415 g/mol. The van der Waals surface area contributed by atoms with Crippen LogP contribution in [0.3, 0.4) is 0 Å². The van der Waals surface area contributed by atoms with Gasteiger partial charge in [0.1, 0.15) is 5.82 Å². The van der Waals surface area contributed by atoms with Gasteiger partial charge in [-0.05, 0) is 49.8 Å². The van der Waals surface area contributed by atoms with Gasteiger partial charge in [-0.1, -0.05) is 6.58 Å². The van der Waals surface area contributed by atoms with Gasteiger partial charge >= 0.3 is 0 Å². The Labute approximate surface area is 174 Å². The van der Waals surface area contributed by atoms with Crippen LogP contribution in [-0.2, 0) is 4.79 Å². The van der Waals surface area contributed by atoms with Crippen molar-refractivity contribution in [2.75, 3.05) is 23.8 Å². The van der Waals surface area contributed by atoms with E-state index in [1.165, 1.54) is 17.4 Å². The summed E-state index contributed by atoms with van der Waals surface area (Å²) in [5, 5.41) is 6.02. The maximum absolute atomic E-state index is 12.2. The van der Waals surface area contributed by atoms with E-state index in [1.807, 2.05) is 42.1 Å². The highest BCUT2D eigenvalue weighted by Gasteiger charge is 2.33. The number of hydrogen-bond donors (Lipinski definition) is 2. The van der Waals surface area contributed by atoms with Crippen LogP contribution in [0.25, 0.3) is 0 Å². The van der Waals surface area contributed by atoms with E-state index in [0.29, 0.717) is 18.2 Å². The minimum atomic E-state index is -0.642. The van der Waals surface area contributed by atoms with Crippen LogP contribution < -0.4 is 16.0 Å². The summed E-state index contributed by atoms with van der Waals surface area (Å²) < 4.78 is 0. The van der Waals surface area contributed by atoms with Gasteiger partial charge in [0.15, 0.2) is 11.5 Å². The second-order valence-corrected chi connectivity index (χ2v) is 8.11. The van der Waals surface area contributed by atoms with Crippen LogP contribution >= 0.6 is 11.3 Å². The molecule has 8 nitrogen and oxygen atoms in total. The number of aryl methyl sites for hydroxylation is 1. The maximum atomic E-state index is 12.2. The monoisotopic (exact) mass is 414 g/mol. The van der Waals surface area contributed by atoms with Crippen molar-refractivity contribution in [2.24, 2.45) is 5.73 Å². The molecule has 2 atom stereocenters. The van der Waals surface area contributed by atoms with Crippen molar-refractivity contribution in [1.82, 2.24) is 14.9 Å². The molecule has 2 aromatic rings. The second kappa shape index (κ2) is 8.60. The van der Waals surface area contributed by atoms with E-state index in [9.17, 15) is 9.59 Å². The first-order chi connectivity index (χ1) is 13.8. The van der Waals surface area contributed by atoms with Crippen molar-refractivity contribution >= 4 is 39.8 Å². The first kappa shape index (κ1) is 20.8. The highest BCUT2D eigenvalue weighted by Crippen LogP contribution is 2.28. The molecular formula is C20H26N6O2S. The number of nitrogens with two attached hydrogens (primary N) is 1. The number of piperidine rings is 1. The molecule has 0 aliphatic carbocycles. The summed E-state index contributed by atoms with van der Waals surface area (Å²) in [6, 6.07) is 2.03. The molecule has 0 saturated carbocycles. The molecule has 29 heavy (non-hydrogen) atoms. The SMILES string of the molecule is C=CC(=O)N1CCC[C@@H](N(C)c2cnc(C(N)=O)c(Nc3cc(C)cs3)n2)[C@H]1C.